The molecule has 0 saturated heterocycles. The Kier molecular flexibility index (Phi) is 2.04. The van der Waals surface area contributed by atoms with Crippen molar-refractivity contribution in [2.45, 2.75) is 0 Å². The van der Waals surface area contributed by atoms with Gasteiger partial charge in [-0.1, -0.05) is 0 Å². The lowest BCUT2D eigenvalue weighted by Gasteiger charge is -1.89. The predicted octanol–water partition coefficient (Wildman–Crippen LogP) is 1.75. The van der Waals surface area contributed by atoms with E-state index in [-0.39, 0.29) is 0 Å². The molecule has 0 atom stereocenters. The third-order valence-corrected chi connectivity index (χ3v) is 1.54. The number of halogens is 1. The van der Waals surface area contributed by atoms with Gasteiger partial charge in [0.05, 0.1) is 0 Å². The summed E-state index contributed by atoms with van der Waals surface area (Å²) in [5, 5.41) is 0. The summed E-state index contributed by atoms with van der Waals surface area (Å²) in [6, 6.07) is 1.74. The van der Waals surface area contributed by atoms with Gasteiger partial charge in [0.25, 0.3) is 0 Å². The molecule has 0 saturated carbocycles. The van der Waals surface area contributed by atoms with Crippen LogP contribution in [-0.2, 0) is 11.8 Å². The maximum Gasteiger partial charge on any atom is 0.242 e. The smallest absolute Gasteiger partial charge is 0.242 e. The van der Waals surface area contributed by atoms with E-state index in [1.165, 1.54) is 6.08 Å². The van der Waals surface area contributed by atoms with Crippen LogP contribution < -0.4 is 0 Å². The molecule has 1 aromatic rings. The van der Waals surface area contributed by atoms with Gasteiger partial charge in [-0.15, -0.1) is 4.99 Å². The molecule has 0 spiro atoms. The lowest BCUT2D eigenvalue weighted by atomic mass is 10.6. The molecule has 0 fully saturated rings. The van der Waals surface area contributed by atoms with Crippen molar-refractivity contribution in [3.8, 4) is 0 Å². The third-order valence-electron chi connectivity index (χ3n) is 1.11. The van der Waals surface area contributed by atoms with Gasteiger partial charge in [-0.25, -0.2) is 4.79 Å². The van der Waals surface area contributed by atoms with Crippen molar-refractivity contribution in [2.75, 3.05) is 0 Å². The average Bonchev–Trinajstić information content (AvgIpc) is 2.13. The lowest BCUT2D eigenvalue weighted by Crippen LogP contribution is -1.80. The first-order valence-electron chi connectivity index (χ1n) is 2.64. The molecule has 0 radical (unpaired) electrons. The Morgan fingerprint density at radius 2 is 2.50 bits per heavy atom. The van der Waals surface area contributed by atoms with E-state index in [1.807, 2.05) is 6.20 Å². The summed E-state index contributed by atoms with van der Waals surface area (Å²) in [5.74, 6) is 0.599. The maximum atomic E-state index is 9.82. The number of aryl methyl sites for hydroxylation is 1. The molecule has 52 valence electrons. The van der Waals surface area contributed by atoms with Crippen molar-refractivity contribution < 1.29 is 4.79 Å². The zero-order valence-corrected chi connectivity index (χ0v) is 6.92. The second-order valence-electron chi connectivity index (χ2n) is 1.83. The van der Waals surface area contributed by atoms with E-state index in [0.717, 1.165) is 4.47 Å². The van der Waals surface area contributed by atoms with Gasteiger partial charge < -0.3 is 4.57 Å². The molecule has 0 aliphatic heterocycles. The molecular formula is C6H5BrN2O. The SMILES string of the molecule is Cn1cc(Br)cc1N=C=O. The van der Waals surface area contributed by atoms with Crippen LogP contribution >= 0.6 is 15.9 Å². The van der Waals surface area contributed by atoms with Crippen molar-refractivity contribution in [3.05, 3.63) is 16.7 Å². The van der Waals surface area contributed by atoms with Crippen molar-refractivity contribution >= 4 is 27.8 Å². The van der Waals surface area contributed by atoms with E-state index in [1.54, 1.807) is 17.7 Å². The zero-order valence-electron chi connectivity index (χ0n) is 5.34. The number of aromatic nitrogens is 1. The summed E-state index contributed by atoms with van der Waals surface area (Å²) < 4.78 is 2.64. The minimum absolute atomic E-state index is 0.599. The lowest BCUT2D eigenvalue weighted by molar-refractivity contribution is 0.565. The normalized spacial score (nSPS) is 9.00. The zero-order chi connectivity index (χ0) is 7.56. The van der Waals surface area contributed by atoms with Gasteiger partial charge in [0.15, 0.2) is 0 Å². The van der Waals surface area contributed by atoms with Crippen LogP contribution in [0.5, 0.6) is 0 Å². The quantitative estimate of drug-likeness (QED) is 0.503. The molecule has 0 aromatic carbocycles. The van der Waals surface area contributed by atoms with Crippen molar-refractivity contribution in [1.29, 1.82) is 0 Å². The molecule has 1 heterocycles. The average molecular weight is 201 g/mol. The van der Waals surface area contributed by atoms with E-state index in [9.17, 15) is 4.79 Å². The molecule has 0 amide bonds. The van der Waals surface area contributed by atoms with E-state index < -0.39 is 0 Å². The van der Waals surface area contributed by atoms with Crippen LogP contribution in [0.1, 0.15) is 0 Å². The number of isocyanates is 1. The van der Waals surface area contributed by atoms with Crippen LogP contribution in [0.4, 0.5) is 5.82 Å². The van der Waals surface area contributed by atoms with E-state index in [4.69, 9.17) is 0 Å². The highest BCUT2D eigenvalue weighted by Crippen LogP contribution is 2.19. The molecule has 0 unspecified atom stereocenters. The molecule has 0 N–H and O–H groups in total. The summed E-state index contributed by atoms with van der Waals surface area (Å²) in [6.07, 6.45) is 3.29. The summed E-state index contributed by atoms with van der Waals surface area (Å²) in [5.41, 5.74) is 0. The molecule has 10 heavy (non-hydrogen) atoms. The van der Waals surface area contributed by atoms with Gasteiger partial charge in [0.1, 0.15) is 5.82 Å². The Balaban J connectivity index is 3.14. The Bertz CT molecular complexity index is 286. The van der Waals surface area contributed by atoms with Gasteiger partial charge in [-0.05, 0) is 22.0 Å². The number of hydrogen-bond donors (Lipinski definition) is 0. The van der Waals surface area contributed by atoms with Crippen LogP contribution in [0.15, 0.2) is 21.7 Å². The monoisotopic (exact) mass is 200 g/mol. The minimum atomic E-state index is 0.599. The molecule has 4 heteroatoms. The fourth-order valence-corrected chi connectivity index (χ4v) is 1.18. The summed E-state index contributed by atoms with van der Waals surface area (Å²) >= 11 is 3.24. The van der Waals surface area contributed by atoms with Crippen LogP contribution in [-0.4, -0.2) is 10.6 Å². The van der Waals surface area contributed by atoms with Crippen LogP contribution in [0.2, 0.25) is 0 Å². The molecule has 1 rings (SSSR count). The van der Waals surface area contributed by atoms with E-state index in [2.05, 4.69) is 20.9 Å². The topological polar surface area (TPSA) is 34.4 Å². The van der Waals surface area contributed by atoms with Gasteiger partial charge in [0.2, 0.25) is 6.08 Å². The molecule has 0 aliphatic rings. The Morgan fingerprint density at radius 1 is 1.80 bits per heavy atom. The number of carbonyl (C=O) groups excluding carboxylic acids is 1. The van der Waals surface area contributed by atoms with Crippen LogP contribution in [0.3, 0.4) is 0 Å². The highest BCUT2D eigenvalue weighted by Gasteiger charge is 1.96. The maximum absolute atomic E-state index is 9.82. The Labute approximate surface area is 66.5 Å². The molecule has 1 aromatic heterocycles. The standard InChI is InChI=1S/C6H5BrN2O/c1-9-3-5(7)2-6(9)8-4-10/h2-3H,1H3. The molecule has 0 bridgehead atoms. The van der Waals surface area contributed by atoms with Crippen molar-refractivity contribution in [1.82, 2.24) is 4.57 Å². The largest absolute Gasteiger partial charge is 0.334 e. The van der Waals surface area contributed by atoms with Crippen LogP contribution in [0, 0.1) is 0 Å². The highest BCUT2D eigenvalue weighted by atomic mass is 79.9. The first-order valence-corrected chi connectivity index (χ1v) is 3.43. The Hall–Kier alpha value is -0.860. The highest BCUT2D eigenvalue weighted by molar-refractivity contribution is 9.10. The first-order chi connectivity index (χ1) is 4.74. The number of rotatable bonds is 1. The molecule has 0 aliphatic carbocycles. The number of aliphatic imine (C=N–C) groups is 1. The summed E-state index contributed by atoms with van der Waals surface area (Å²) in [7, 11) is 1.81. The van der Waals surface area contributed by atoms with Crippen molar-refractivity contribution in [2.24, 2.45) is 12.0 Å². The molecule has 3 nitrogen and oxygen atoms in total. The summed E-state index contributed by atoms with van der Waals surface area (Å²) in [4.78, 5) is 13.3. The molecular weight excluding hydrogens is 196 g/mol. The summed E-state index contributed by atoms with van der Waals surface area (Å²) in [6.45, 7) is 0. The predicted molar refractivity (Wildman–Crippen MR) is 40.9 cm³/mol. The second kappa shape index (κ2) is 2.82. The van der Waals surface area contributed by atoms with Gasteiger partial charge in [0, 0.05) is 17.7 Å². The van der Waals surface area contributed by atoms with Crippen molar-refractivity contribution in [3.63, 3.8) is 0 Å². The van der Waals surface area contributed by atoms with Gasteiger partial charge in [-0.3, -0.25) is 0 Å². The number of hydrogen-bond acceptors (Lipinski definition) is 2. The Morgan fingerprint density at radius 3 is 2.90 bits per heavy atom. The van der Waals surface area contributed by atoms with Gasteiger partial charge in [-0.2, -0.15) is 0 Å². The van der Waals surface area contributed by atoms with Crippen LogP contribution in [0.25, 0.3) is 0 Å². The number of nitrogens with zero attached hydrogens (tertiary/aromatic N) is 2. The van der Waals surface area contributed by atoms with E-state index in [0.29, 0.717) is 5.82 Å². The first kappa shape index (κ1) is 7.25. The second-order valence-corrected chi connectivity index (χ2v) is 2.75. The van der Waals surface area contributed by atoms with E-state index >= 15 is 0 Å². The minimum Gasteiger partial charge on any atom is -0.334 e. The third kappa shape index (κ3) is 1.35. The fourth-order valence-electron chi connectivity index (χ4n) is 0.671. The fraction of sp³-hybridized carbons (Fsp3) is 0.167. The van der Waals surface area contributed by atoms with Gasteiger partial charge >= 0.3 is 0 Å².